The number of benzene rings is 2. The van der Waals surface area contributed by atoms with Crippen molar-refractivity contribution in [2.45, 2.75) is 12.5 Å². The molecule has 1 unspecified atom stereocenters. The van der Waals surface area contributed by atoms with Crippen LogP contribution in [0.2, 0.25) is 5.02 Å². The van der Waals surface area contributed by atoms with Crippen LogP contribution in [-0.4, -0.2) is 7.11 Å². The van der Waals surface area contributed by atoms with Crippen LogP contribution in [0.25, 0.3) is 0 Å². The summed E-state index contributed by atoms with van der Waals surface area (Å²) in [5.41, 5.74) is 8.39. The Bertz CT molecular complexity index is 557. The first-order chi connectivity index (χ1) is 9.10. The lowest BCUT2D eigenvalue weighted by molar-refractivity contribution is 0.408. The Balaban J connectivity index is 2.20. The number of hydrogen-bond acceptors (Lipinski definition) is 2. The van der Waals surface area contributed by atoms with Crippen molar-refractivity contribution in [2.24, 2.45) is 5.73 Å². The summed E-state index contributed by atoms with van der Waals surface area (Å²) in [6.07, 6.45) is 0.699. The van der Waals surface area contributed by atoms with Crippen molar-refractivity contribution in [3.05, 3.63) is 62.2 Å². The van der Waals surface area contributed by atoms with Crippen LogP contribution in [0.15, 0.2) is 42.5 Å². The zero-order chi connectivity index (χ0) is 13.8. The molecular formula is C15H15ClINO. The Hall–Kier alpha value is -0.780. The maximum atomic E-state index is 6.25. The number of halogens is 2. The topological polar surface area (TPSA) is 35.2 Å². The van der Waals surface area contributed by atoms with Crippen LogP contribution in [0.4, 0.5) is 0 Å². The number of hydrogen-bond donors (Lipinski definition) is 1. The van der Waals surface area contributed by atoms with Gasteiger partial charge < -0.3 is 10.5 Å². The maximum absolute atomic E-state index is 6.25. The summed E-state index contributed by atoms with van der Waals surface area (Å²) in [6.45, 7) is 0. The van der Waals surface area contributed by atoms with Crippen molar-refractivity contribution < 1.29 is 4.74 Å². The van der Waals surface area contributed by atoms with Crippen molar-refractivity contribution in [3.63, 3.8) is 0 Å². The van der Waals surface area contributed by atoms with E-state index < -0.39 is 0 Å². The SMILES string of the molecule is COc1ccc(Cl)cc1CC(N)c1ccc(I)cc1. The molecule has 100 valence electrons. The zero-order valence-electron chi connectivity index (χ0n) is 10.6. The molecule has 4 heteroatoms. The van der Waals surface area contributed by atoms with Crippen molar-refractivity contribution >= 4 is 34.2 Å². The molecule has 2 rings (SSSR count). The lowest BCUT2D eigenvalue weighted by Crippen LogP contribution is -2.13. The molecule has 2 N–H and O–H groups in total. The molecule has 0 heterocycles. The van der Waals surface area contributed by atoms with Gasteiger partial charge in [-0.3, -0.25) is 0 Å². The monoisotopic (exact) mass is 387 g/mol. The quantitative estimate of drug-likeness (QED) is 0.798. The van der Waals surface area contributed by atoms with Gasteiger partial charge in [0.05, 0.1) is 7.11 Å². The van der Waals surface area contributed by atoms with Gasteiger partial charge in [0.25, 0.3) is 0 Å². The molecule has 2 aromatic carbocycles. The van der Waals surface area contributed by atoms with Crippen molar-refractivity contribution in [2.75, 3.05) is 7.11 Å². The number of methoxy groups -OCH3 is 1. The Morgan fingerprint density at radius 2 is 1.89 bits per heavy atom. The average molecular weight is 388 g/mol. The van der Waals surface area contributed by atoms with Crippen LogP contribution < -0.4 is 10.5 Å². The molecule has 2 aromatic rings. The Labute approximate surface area is 132 Å². The van der Waals surface area contributed by atoms with Gasteiger partial charge in [-0.15, -0.1) is 0 Å². The van der Waals surface area contributed by atoms with Crippen LogP contribution in [0, 0.1) is 3.57 Å². The highest BCUT2D eigenvalue weighted by molar-refractivity contribution is 14.1. The highest BCUT2D eigenvalue weighted by Crippen LogP contribution is 2.27. The average Bonchev–Trinajstić information content (AvgIpc) is 2.39. The second-order valence-electron chi connectivity index (χ2n) is 4.32. The van der Waals surface area contributed by atoms with Crippen molar-refractivity contribution in [1.82, 2.24) is 0 Å². The van der Waals surface area contributed by atoms with E-state index in [1.54, 1.807) is 7.11 Å². The Morgan fingerprint density at radius 3 is 2.53 bits per heavy atom. The van der Waals surface area contributed by atoms with Gasteiger partial charge in [-0.25, -0.2) is 0 Å². The first-order valence-corrected chi connectivity index (χ1v) is 7.39. The molecular weight excluding hydrogens is 373 g/mol. The molecule has 0 bridgehead atoms. The summed E-state index contributed by atoms with van der Waals surface area (Å²) in [5.74, 6) is 0.824. The fourth-order valence-corrected chi connectivity index (χ4v) is 2.53. The second-order valence-corrected chi connectivity index (χ2v) is 6.00. The summed E-state index contributed by atoms with van der Waals surface area (Å²) < 4.78 is 6.54. The molecule has 0 amide bonds. The fourth-order valence-electron chi connectivity index (χ4n) is 1.97. The first kappa shape index (κ1) is 14.6. The first-order valence-electron chi connectivity index (χ1n) is 5.93. The molecule has 2 nitrogen and oxygen atoms in total. The summed E-state index contributed by atoms with van der Waals surface area (Å²) in [5, 5.41) is 0.700. The fraction of sp³-hybridized carbons (Fsp3) is 0.200. The van der Waals surface area contributed by atoms with Crippen molar-refractivity contribution in [3.8, 4) is 5.75 Å². The minimum absolute atomic E-state index is 0.0654. The summed E-state index contributed by atoms with van der Waals surface area (Å²) in [4.78, 5) is 0. The van der Waals surface area contributed by atoms with E-state index in [-0.39, 0.29) is 6.04 Å². The summed E-state index contributed by atoms with van der Waals surface area (Å²) in [7, 11) is 1.66. The van der Waals surface area contributed by atoms with Gasteiger partial charge >= 0.3 is 0 Å². The molecule has 0 aromatic heterocycles. The zero-order valence-corrected chi connectivity index (χ0v) is 13.5. The highest BCUT2D eigenvalue weighted by atomic mass is 127. The Kier molecular flexibility index (Phi) is 5.07. The van der Waals surface area contributed by atoms with E-state index in [9.17, 15) is 0 Å². The van der Waals surface area contributed by atoms with Gasteiger partial charge in [0.1, 0.15) is 5.75 Å². The lowest BCUT2D eigenvalue weighted by atomic mass is 9.99. The third-order valence-corrected chi connectivity index (χ3v) is 3.93. The van der Waals surface area contributed by atoms with Gasteiger partial charge in [0.15, 0.2) is 0 Å². The van der Waals surface area contributed by atoms with E-state index in [1.165, 1.54) is 3.57 Å². The summed E-state index contributed by atoms with van der Waals surface area (Å²) >= 11 is 8.31. The van der Waals surface area contributed by atoms with Gasteiger partial charge in [0.2, 0.25) is 0 Å². The minimum atomic E-state index is -0.0654. The number of rotatable bonds is 4. The molecule has 0 radical (unpaired) electrons. The maximum Gasteiger partial charge on any atom is 0.122 e. The molecule has 19 heavy (non-hydrogen) atoms. The van der Waals surface area contributed by atoms with Crippen LogP contribution in [0.1, 0.15) is 17.2 Å². The molecule has 0 fully saturated rings. The third-order valence-electron chi connectivity index (χ3n) is 2.98. The highest BCUT2D eigenvalue weighted by Gasteiger charge is 2.11. The molecule has 1 atom stereocenters. The van der Waals surface area contributed by atoms with Crippen LogP contribution in [-0.2, 0) is 6.42 Å². The normalized spacial score (nSPS) is 12.2. The largest absolute Gasteiger partial charge is 0.496 e. The van der Waals surface area contributed by atoms with Gasteiger partial charge in [-0.1, -0.05) is 23.7 Å². The van der Waals surface area contributed by atoms with E-state index in [0.29, 0.717) is 11.4 Å². The predicted octanol–water partition coefficient (Wildman–Crippen LogP) is 4.20. The molecule has 0 saturated heterocycles. The van der Waals surface area contributed by atoms with Crippen LogP contribution in [0.3, 0.4) is 0 Å². The standard InChI is InChI=1S/C15H15ClINO/c1-19-15-7-4-12(16)8-11(15)9-14(18)10-2-5-13(17)6-3-10/h2-8,14H,9,18H2,1H3. The van der Waals surface area contributed by atoms with E-state index in [0.717, 1.165) is 16.9 Å². The van der Waals surface area contributed by atoms with Crippen LogP contribution in [0.5, 0.6) is 5.75 Å². The minimum Gasteiger partial charge on any atom is -0.496 e. The van der Waals surface area contributed by atoms with E-state index >= 15 is 0 Å². The smallest absolute Gasteiger partial charge is 0.122 e. The molecule has 0 aliphatic carbocycles. The summed E-state index contributed by atoms with van der Waals surface area (Å²) in [6, 6.07) is 13.8. The van der Waals surface area contributed by atoms with Crippen LogP contribution >= 0.6 is 34.2 Å². The number of ether oxygens (including phenoxy) is 1. The van der Waals surface area contributed by atoms with E-state index in [1.807, 2.05) is 18.2 Å². The van der Waals surface area contributed by atoms with E-state index in [4.69, 9.17) is 22.1 Å². The number of nitrogens with two attached hydrogens (primary N) is 1. The molecule has 0 aliphatic rings. The molecule has 0 aliphatic heterocycles. The Morgan fingerprint density at radius 1 is 1.21 bits per heavy atom. The molecule has 0 saturated carbocycles. The van der Waals surface area contributed by atoms with Crippen molar-refractivity contribution in [1.29, 1.82) is 0 Å². The molecule has 0 spiro atoms. The third kappa shape index (κ3) is 3.84. The predicted molar refractivity (Wildman–Crippen MR) is 87.8 cm³/mol. The lowest BCUT2D eigenvalue weighted by Gasteiger charge is -2.15. The van der Waals surface area contributed by atoms with Gasteiger partial charge in [0, 0.05) is 14.6 Å². The van der Waals surface area contributed by atoms with Gasteiger partial charge in [-0.05, 0) is 70.5 Å². The second kappa shape index (κ2) is 6.59. The van der Waals surface area contributed by atoms with Gasteiger partial charge in [-0.2, -0.15) is 0 Å². The van der Waals surface area contributed by atoms with E-state index in [2.05, 4.69) is 46.9 Å².